The zero-order valence-corrected chi connectivity index (χ0v) is 26.5. The van der Waals surface area contributed by atoms with Gasteiger partial charge in [-0.25, -0.2) is 0 Å². The summed E-state index contributed by atoms with van der Waals surface area (Å²) in [6.45, 7) is 3.76. The average Bonchev–Trinajstić information content (AvgIpc) is 3.71. The van der Waals surface area contributed by atoms with Crippen LogP contribution in [0.4, 0.5) is 5.82 Å². The lowest BCUT2D eigenvalue weighted by Gasteiger charge is -2.40. The number of aromatic nitrogens is 2. The monoisotopic (exact) mass is 637 g/mol. The van der Waals surface area contributed by atoms with Crippen LogP contribution in [0.25, 0.3) is 32.8 Å². The first-order chi connectivity index (χ1) is 22.4. The highest BCUT2D eigenvalue weighted by molar-refractivity contribution is 6.37. The van der Waals surface area contributed by atoms with E-state index in [9.17, 15) is 5.11 Å². The molecule has 236 valence electrons. The lowest BCUT2D eigenvalue weighted by atomic mass is 9.93. The Balaban J connectivity index is 1.22. The quantitative estimate of drug-likeness (QED) is 0.289. The Kier molecular flexibility index (Phi) is 6.55. The number of terminal acetylenes is 1. The molecule has 4 aromatic rings. The Labute approximate surface area is 272 Å². The van der Waals surface area contributed by atoms with Gasteiger partial charge in [-0.3, -0.25) is 4.90 Å². The van der Waals surface area contributed by atoms with E-state index in [2.05, 4.69) is 21.0 Å². The molecule has 0 aliphatic carbocycles. The minimum absolute atomic E-state index is 0.0741. The Bertz CT molecular complexity index is 1950. The minimum Gasteiger partial charge on any atom is -0.508 e. The third-order valence-corrected chi connectivity index (χ3v) is 11.4. The fraction of sp³-hybridized carbons (Fsp3) is 0.444. The predicted octanol–water partition coefficient (Wildman–Crippen LogP) is 5.12. The second kappa shape index (κ2) is 10.6. The molecule has 46 heavy (non-hydrogen) atoms. The number of aromatic hydroxyl groups is 1. The zero-order valence-electron chi connectivity index (χ0n) is 25.8. The molecule has 3 aromatic carbocycles. The number of hydrogen-bond donors (Lipinski definition) is 2. The molecule has 5 aliphatic rings. The van der Waals surface area contributed by atoms with E-state index in [-0.39, 0.29) is 23.4 Å². The summed E-state index contributed by atoms with van der Waals surface area (Å²) >= 11 is 7.30. The maximum atomic E-state index is 10.8. The Morgan fingerprint density at radius 3 is 2.96 bits per heavy atom. The maximum absolute atomic E-state index is 10.8. The molecule has 0 amide bonds. The van der Waals surface area contributed by atoms with Crippen LogP contribution in [0.3, 0.4) is 0 Å². The number of anilines is 1. The summed E-state index contributed by atoms with van der Waals surface area (Å²) in [5.74, 6) is 4.29. The van der Waals surface area contributed by atoms with Gasteiger partial charge in [-0.1, -0.05) is 29.7 Å². The number of halogens is 1. The molecule has 4 saturated heterocycles. The molecule has 1 aromatic heterocycles. The van der Waals surface area contributed by atoms with Gasteiger partial charge >= 0.3 is 6.01 Å². The van der Waals surface area contributed by atoms with Gasteiger partial charge in [0.1, 0.15) is 24.8 Å². The first kappa shape index (κ1) is 28.4. The highest BCUT2D eigenvalue weighted by Crippen LogP contribution is 2.49. The van der Waals surface area contributed by atoms with E-state index in [1.165, 1.54) is 0 Å². The van der Waals surface area contributed by atoms with Crippen molar-refractivity contribution < 1.29 is 19.3 Å². The van der Waals surface area contributed by atoms with Crippen molar-refractivity contribution in [2.45, 2.75) is 61.9 Å². The van der Waals surface area contributed by atoms with Crippen molar-refractivity contribution in [3.05, 3.63) is 47.0 Å². The number of fused-ring (bicyclic) bond motifs is 7. The topological polar surface area (TPSA) is 92.2 Å². The second-order valence-corrected chi connectivity index (χ2v) is 13.9. The largest absolute Gasteiger partial charge is 0.508 e. The summed E-state index contributed by atoms with van der Waals surface area (Å²) < 4.78 is 19.0. The van der Waals surface area contributed by atoms with Gasteiger partial charge in [-0.15, -0.1) is 6.42 Å². The molecule has 2 N–H and O–H groups in total. The number of phenols is 1. The van der Waals surface area contributed by atoms with Gasteiger partial charge in [0.2, 0.25) is 0 Å². The molecule has 0 saturated carbocycles. The molecule has 4 fully saturated rings. The van der Waals surface area contributed by atoms with Gasteiger partial charge in [-0.2, -0.15) is 9.97 Å². The Hall–Kier alpha value is -3.81. The van der Waals surface area contributed by atoms with Crippen molar-refractivity contribution in [2.75, 3.05) is 44.9 Å². The number of methoxy groups -OCH3 is 1. The molecule has 6 heterocycles. The number of phenolic OH excluding ortho intramolecular Hbond substituents is 1. The van der Waals surface area contributed by atoms with Gasteiger partial charge in [-0.05, 0) is 73.9 Å². The highest BCUT2D eigenvalue weighted by atomic mass is 35.5. The number of nitrogens with zero attached hydrogens (tertiary/aromatic N) is 4. The Morgan fingerprint density at radius 1 is 1.17 bits per heavy atom. The van der Waals surface area contributed by atoms with Crippen molar-refractivity contribution >= 4 is 39.1 Å². The summed E-state index contributed by atoms with van der Waals surface area (Å²) in [7, 11) is 1.79. The molecule has 9 nitrogen and oxygen atoms in total. The maximum Gasteiger partial charge on any atom is 0.319 e. The molecule has 4 unspecified atom stereocenters. The van der Waals surface area contributed by atoms with Crippen LogP contribution in [0.2, 0.25) is 5.02 Å². The van der Waals surface area contributed by atoms with Crippen LogP contribution in [0.5, 0.6) is 17.5 Å². The summed E-state index contributed by atoms with van der Waals surface area (Å²) in [4.78, 5) is 15.1. The first-order valence-electron chi connectivity index (χ1n) is 16.3. The molecule has 10 heteroatoms. The lowest BCUT2D eigenvalue weighted by Crippen LogP contribution is -2.60. The summed E-state index contributed by atoms with van der Waals surface area (Å²) in [5, 5.41) is 17.5. The molecule has 0 spiro atoms. The van der Waals surface area contributed by atoms with E-state index in [4.69, 9.17) is 42.2 Å². The van der Waals surface area contributed by atoms with Crippen molar-refractivity contribution in [3.8, 4) is 41.0 Å². The summed E-state index contributed by atoms with van der Waals surface area (Å²) in [6.07, 6.45) is 11.5. The van der Waals surface area contributed by atoms with Crippen molar-refractivity contribution in [2.24, 2.45) is 0 Å². The normalized spacial score (nSPS) is 28.2. The predicted molar refractivity (Wildman–Crippen MR) is 178 cm³/mol. The van der Waals surface area contributed by atoms with Gasteiger partial charge in [0.25, 0.3) is 0 Å². The number of piperazine rings is 1. The van der Waals surface area contributed by atoms with Crippen LogP contribution in [-0.2, 0) is 4.74 Å². The zero-order chi connectivity index (χ0) is 31.2. The summed E-state index contributed by atoms with van der Waals surface area (Å²) in [5.41, 5.74) is 2.72. The minimum atomic E-state index is -0.0741. The van der Waals surface area contributed by atoms with Crippen LogP contribution >= 0.6 is 11.6 Å². The third-order valence-electron chi connectivity index (χ3n) is 11.1. The van der Waals surface area contributed by atoms with Crippen LogP contribution in [0, 0.1) is 12.3 Å². The average molecular weight is 638 g/mol. The SMILES string of the molecule is C#Cc1cccc2cc(O)cc(-c3cc4nc(OCC56CCCN5C[C@H](OC)C6)nc5c4c(c3Cl)OCC3C4CCC(CN53)N4)c12. The number of ether oxygens (including phenoxy) is 3. The smallest absolute Gasteiger partial charge is 0.319 e. The molecule has 2 bridgehead atoms. The number of rotatable bonds is 5. The van der Waals surface area contributed by atoms with Crippen LogP contribution in [0.15, 0.2) is 36.4 Å². The second-order valence-electron chi connectivity index (χ2n) is 13.5. The van der Waals surface area contributed by atoms with E-state index in [0.717, 1.165) is 79.3 Å². The van der Waals surface area contributed by atoms with Gasteiger partial charge in [0.05, 0.1) is 33.6 Å². The fourth-order valence-electron chi connectivity index (χ4n) is 8.88. The van der Waals surface area contributed by atoms with Crippen molar-refractivity contribution in [3.63, 3.8) is 0 Å². The van der Waals surface area contributed by atoms with E-state index in [1.807, 2.05) is 24.3 Å². The molecule has 9 rings (SSSR count). The molecule has 5 atom stereocenters. The van der Waals surface area contributed by atoms with E-state index >= 15 is 0 Å². The fourth-order valence-corrected chi connectivity index (χ4v) is 9.18. The first-order valence-corrected chi connectivity index (χ1v) is 16.7. The highest BCUT2D eigenvalue weighted by Gasteiger charge is 2.49. The van der Waals surface area contributed by atoms with E-state index in [0.29, 0.717) is 58.7 Å². The molecule has 5 aliphatic heterocycles. The molecule has 0 radical (unpaired) electrons. The Morgan fingerprint density at radius 2 is 2.09 bits per heavy atom. The van der Waals surface area contributed by atoms with Gasteiger partial charge in [0, 0.05) is 48.8 Å². The van der Waals surface area contributed by atoms with Gasteiger partial charge in [0.15, 0.2) is 5.75 Å². The van der Waals surface area contributed by atoms with Gasteiger partial charge < -0.3 is 29.5 Å². The van der Waals surface area contributed by atoms with Crippen molar-refractivity contribution in [1.29, 1.82) is 0 Å². The van der Waals surface area contributed by atoms with E-state index < -0.39 is 0 Å². The van der Waals surface area contributed by atoms with E-state index in [1.54, 1.807) is 19.2 Å². The summed E-state index contributed by atoms with van der Waals surface area (Å²) in [6, 6.07) is 12.3. The third kappa shape index (κ3) is 4.27. The molecular formula is C36H36ClN5O4. The van der Waals surface area contributed by atoms with Crippen LogP contribution in [0.1, 0.15) is 37.7 Å². The van der Waals surface area contributed by atoms with Crippen molar-refractivity contribution in [1.82, 2.24) is 20.2 Å². The number of benzene rings is 3. The standard InChI is InChI=1S/C36H36ClN5O4/c1-3-20-6-4-7-21-12-23(43)13-25(30(20)21)26-14-28-31-33(32(26)37)45-18-29-27-9-8-22(38-27)16-42(29)34(31)40-35(39-28)46-19-36-10-5-11-41(36)17-24(15-36)44-2/h1,4,6-7,12-14,22,24,27,29,38,43H,5,8-11,15-19H2,2H3/t22?,24-,27?,29?,36?/m1/s1. The lowest BCUT2D eigenvalue weighted by molar-refractivity contribution is 0.0997. The number of hydrogen-bond acceptors (Lipinski definition) is 9. The van der Waals surface area contributed by atoms with Crippen LogP contribution in [-0.4, -0.2) is 89.7 Å². The number of nitrogens with one attached hydrogen (secondary N) is 1. The van der Waals surface area contributed by atoms with Crippen LogP contribution < -0.4 is 19.7 Å². The molecular weight excluding hydrogens is 602 g/mol.